The zero-order valence-electron chi connectivity index (χ0n) is 60.9. The zero-order valence-corrected chi connectivity index (χ0v) is 61.9. The lowest BCUT2D eigenvalue weighted by Gasteiger charge is -2.63. The summed E-state index contributed by atoms with van der Waals surface area (Å²) in [6.07, 6.45) is -1.50. The first kappa shape index (κ1) is 81.7. The molecule has 1 aromatic heterocycles. The number of allylic oxidation sites excluding steroid dienone is 4. The highest BCUT2D eigenvalue weighted by atomic mass is 32.1. The molecule has 4 aromatic rings. The van der Waals surface area contributed by atoms with Crippen LogP contribution in [0.4, 0.5) is 29.7 Å². The van der Waals surface area contributed by atoms with Crippen molar-refractivity contribution in [1.82, 2.24) is 36.3 Å². The number of Topliss-reactive ketones (excluding diaryl/α,β-unsaturated/α-hetero) is 2. The molecule has 30 heteroatoms. The highest BCUT2D eigenvalue weighted by Gasteiger charge is 2.80. The molecular formula is C76H100F2N10O17S. The van der Waals surface area contributed by atoms with Crippen molar-refractivity contribution in [1.29, 1.82) is 0 Å². The molecule has 12 atom stereocenters. The maximum absolute atomic E-state index is 18.0. The van der Waals surface area contributed by atoms with Crippen LogP contribution in [-0.4, -0.2) is 188 Å². The average molecular weight is 1500 g/mol. The van der Waals surface area contributed by atoms with E-state index in [0.29, 0.717) is 61.7 Å². The van der Waals surface area contributed by atoms with Gasteiger partial charge < -0.3 is 75.5 Å². The van der Waals surface area contributed by atoms with Crippen molar-refractivity contribution < 1.29 is 90.2 Å². The standard InChI is InChI=1S/C76H98F2N10O17.H2S/c1-7-13-66-104-62-41-54-55-40-57(77)56-39-51(89)25-27-73(56,4)75(55,78)60(91)42-74(54,5)76(62,105-66)61(92)43-82-72(98)103-45-47-19-21-50(22-20-47)83-70(96)48(15-12-28-81-71(79)97)38-59(90)67(46(2)3)84-64(94)26-30-99-32-34-101-36-37-102-35-33-100-31-29-80-63(93)23-24-65(95)88-44-49-14-8-9-16-52(49)69-68(85-86-87(69)6)53-17-10-11-18-58(53)88;/h8-11,14,16-22,25,27,39,46,48,54-55,57,60,62,66-67,91H,7,12-13,15,23-24,26,28-38,40-45H2,1-6H3,(H,80,93)(H,82,98)(H,83,96)(H,84,94)(H3,79,81,97);1H2/t48-,54+,55+,57+,60+,62-,66+,67+,73+,74+,75+,76-;/m1./s1. The second kappa shape index (κ2) is 36.5. The quantitative estimate of drug-likeness (QED) is 0.0220. The van der Waals surface area contributed by atoms with Crippen LogP contribution in [0.15, 0.2) is 96.6 Å². The number of aliphatic hydroxyl groups is 1. The number of ether oxygens (including phenoxy) is 7. The lowest BCUT2D eigenvalue weighted by atomic mass is 9.44. The molecule has 0 bridgehead atoms. The lowest BCUT2D eigenvalue weighted by molar-refractivity contribution is -0.233. The number of nitrogens with zero attached hydrogens (tertiary/aromatic N) is 4. The Labute approximate surface area is 622 Å². The van der Waals surface area contributed by atoms with E-state index in [4.69, 9.17) is 38.9 Å². The van der Waals surface area contributed by atoms with Crippen molar-refractivity contribution in [3.63, 3.8) is 0 Å². The number of ketones is 3. The number of carbonyl (C=O) groups is 9. The third-order valence-electron chi connectivity index (χ3n) is 21.4. The van der Waals surface area contributed by atoms with Crippen LogP contribution in [0, 0.1) is 34.5 Å². The normalized spacial score (nSPS) is 25.0. The fraction of sp³-hybridized carbons (Fsp3) is 0.566. The number of para-hydroxylation sites is 1. The number of halogens is 2. The SMILES string of the molecule is CCC[C@H]1O[C@@H]2C[C@H]3[C@@H]4C[C@H](F)C5=CC(=O)C=C[C@]5(C)[C@@]4(F)[C@@H](O)C[C@]3(C)[C@]2(C(=O)CNC(=O)OCc2ccc(NC(=O)[C@H](CCCNC(N)=O)CC(=O)[C@@H](NC(=O)CCOCCOCCOCCOCCNC(=O)CCC(=O)N3Cc4ccccc4-c4c(nnn4C)-c4ccccc43)C(C)C)cc2)O1.S. The van der Waals surface area contributed by atoms with Crippen molar-refractivity contribution in [2.75, 3.05) is 82.7 Å². The van der Waals surface area contributed by atoms with Gasteiger partial charge in [-0.05, 0) is 104 Å². The number of aliphatic hydroxyl groups excluding tert-OH is 1. The van der Waals surface area contributed by atoms with Crippen LogP contribution in [0.25, 0.3) is 22.5 Å². The van der Waals surface area contributed by atoms with Gasteiger partial charge in [-0.3, -0.25) is 33.6 Å². The molecule has 8 N–H and O–H groups in total. The van der Waals surface area contributed by atoms with Gasteiger partial charge in [0.2, 0.25) is 23.6 Å². The Bertz CT molecular complexity index is 3880. The molecule has 0 unspecified atom stereocenters. The minimum Gasteiger partial charge on any atom is -0.445 e. The van der Waals surface area contributed by atoms with E-state index < -0.39 is 113 Å². The highest BCUT2D eigenvalue weighted by Crippen LogP contribution is 2.72. The van der Waals surface area contributed by atoms with E-state index in [1.807, 2.05) is 62.5 Å². The predicted molar refractivity (Wildman–Crippen MR) is 390 cm³/mol. The number of fused-ring (bicyclic) bond motifs is 12. The summed E-state index contributed by atoms with van der Waals surface area (Å²) in [7, 11) is 1.85. The Morgan fingerprint density at radius 3 is 2.19 bits per heavy atom. The van der Waals surface area contributed by atoms with Gasteiger partial charge in [-0.1, -0.05) is 100 Å². The van der Waals surface area contributed by atoms with Crippen molar-refractivity contribution >= 4 is 78.0 Å². The Hall–Kier alpha value is -8.36. The van der Waals surface area contributed by atoms with Gasteiger partial charge in [-0.15, -0.1) is 5.10 Å². The topological polar surface area (TPSA) is 359 Å². The van der Waals surface area contributed by atoms with Crippen molar-refractivity contribution in [2.45, 2.75) is 160 Å². The van der Waals surface area contributed by atoms with E-state index in [0.717, 1.165) is 28.5 Å². The second-order valence-corrected chi connectivity index (χ2v) is 28.5. The van der Waals surface area contributed by atoms with Crippen molar-refractivity contribution in [3.8, 4) is 22.5 Å². The summed E-state index contributed by atoms with van der Waals surface area (Å²) in [6.45, 7) is 10.5. The van der Waals surface area contributed by atoms with Crippen LogP contribution >= 0.6 is 13.5 Å². The maximum atomic E-state index is 18.0. The first-order chi connectivity index (χ1) is 50.3. The number of aromatic nitrogens is 3. The first-order valence-electron chi connectivity index (χ1n) is 36.3. The number of nitrogens with one attached hydrogen (secondary N) is 5. The molecule has 3 aromatic carbocycles. The fourth-order valence-corrected chi connectivity index (χ4v) is 16.2. The fourth-order valence-electron chi connectivity index (χ4n) is 16.2. The number of hydrogen-bond acceptors (Lipinski definition) is 19. The summed E-state index contributed by atoms with van der Waals surface area (Å²) < 4.78 is 76.7. The molecule has 7 amide bonds. The van der Waals surface area contributed by atoms with Gasteiger partial charge in [0.1, 0.15) is 18.5 Å². The molecule has 4 aliphatic carbocycles. The molecule has 4 fully saturated rings. The van der Waals surface area contributed by atoms with Gasteiger partial charge in [0.15, 0.2) is 34.9 Å². The van der Waals surface area contributed by atoms with E-state index in [1.54, 1.807) is 54.6 Å². The summed E-state index contributed by atoms with van der Waals surface area (Å²) >= 11 is 0. The number of anilines is 2. The number of aryl methyl sites for hydroxylation is 1. The van der Waals surface area contributed by atoms with Gasteiger partial charge in [-0.2, -0.15) is 13.5 Å². The molecule has 0 radical (unpaired) electrons. The third kappa shape index (κ3) is 18.1. The van der Waals surface area contributed by atoms with Crippen LogP contribution in [0.1, 0.15) is 116 Å². The summed E-state index contributed by atoms with van der Waals surface area (Å²) in [5, 5.41) is 34.1. The Morgan fingerprint density at radius 1 is 0.811 bits per heavy atom. The van der Waals surface area contributed by atoms with Gasteiger partial charge in [-0.25, -0.2) is 23.1 Å². The minimum atomic E-state index is -2.39. The monoisotopic (exact) mass is 1490 g/mol. The van der Waals surface area contributed by atoms with E-state index >= 15 is 8.78 Å². The van der Waals surface area contributed by atoms with Crippen LogP contribution in [0.2, 0.25) is 0 Å². The molecular weight excluding hydrogens is 1390 g/mol. The number of alkyl carbamates (subject to hydrolysis) is 1. The number of nitrogens with two attached hydrogens (primary N) is 1. The molecule has 10 rings (SSSR count). The van der Waals surface area contributed by atoms with Crippen LogP contribution < -0.4 is 37.2 Å². The third-order valence-corrected chi connectivity index (χ3v) is 21.4. The molecule has 6 aliphatic rings. The van der Waals surface area contributed by atoms with E-state index in [-0.39, 0.29) is 153 Å². The Kier molecular flexibility index (Phi) is 28.1. The van der Waals surface area contributed by atoms with Crippen molar-refractivity contribution in [2.24, 2.45) is 47.3 Å². The zero-order chi connectivity index (χ0) is 75.2. The molecule has 27 nitrogen and oxygen atoms in total. The number of primary amides is 1. The molecule has 0 spiro atoms. The number of carbonyl (C=O) groups excluding carboxylic acids is 9. The molecule has 3 saturated carbocycles. The maximum Gasteiger partial charge on any atom is 0.407 e. The summed E-state index contributed by atoms with van der Waals surface area (Å²) in [5.74, 6) is -5.82. The number of urea groups is 1. The van der Waals surface area contributed by atoms with Gasteiger partial charge >= 0.3 is 12.1 Å². The Balaban J connectivity index is 0.0000130. The highest BCUT2D eigenvalue weighted by molar-refractivity contribution is 7.59. The summed E-state index contributed by atoms with van der Waals surface area (Å²) in [5.41, 5.74) is 4.00. The molecule has 1 saturated heterocycles. The molecule has 2 aliphatic heterocycles. The average Bonchev–Trinajstić information content (AvgIpc) is 1.65. The largest absolute Gasteiger partial charge is 0.445 e. The minimum absolute atomic E-state index is 0. The van der Waals surface area contributed by atoms with Gasteiger partial charge in [0.05, 0.1) is 95.6 Å². The Morgan fingerprint density at radius 2 is 1.49 bits per heavy atom. The molecule has 3 heterocycles. The van der Waals surface area contributed by atoms with Crippen LogP contribution in [0.5, 0.6) is 0 Å². The van der Waals surface area contributed by atoms with Crippen LogP contribution in [-0.2, 0) is 86.9 Å². The van der Waals surface area contributed by atoms with Gasteiger partial charge in [0, 0.05) is 85.3 Å². The number of hydrogen-bond donors (Lipinski definition) is 7. The number of rotatable bonds is 36. The second-order valence-electron chi connectivity index (χ2n) is 28.5. The van der Waals surface area contributed by atoms with Gasteiger partial charge in [0.25, 0.3) is 0 Å². The number of alkyl halides is 2. The van der Waals surface area contributed by atoms with E-state index in [2.05, 4.69) is 36.9 Å². The van der Waals surface area contributed by atoms with Crippen LogP contribution in [0.3, 0.4) is 0 Å². The van der Waals surface area contributed by atoms with E-state index in [9.17, 15) is 48.3 Å². The smallest absolute Gasteiger partial charge is 0.407 e. The number of benzene rings is 3. The molecule has 106 heavy (non-hydrogen) atoms. The molecule has 576 valence electrons. The summed E-state index contributed by atoms with van der Waals surface area (Å²) in [6, 6.07) is 20.1. The summed E-state index contributed by atoms with van der Waals surface area (Å²) in [4.78, 5) is 121. The predicted octanol–water partition coefficient (Wildman–Crippen LogP) is 7.27. The first-order valence-corrected chi connectivity index (χ1v) is 36.3. The van der Waals surface area contributed by atoms with Crippen molar-refractivity contribution in [3.05, 3.63) is 108 Å². The number of amides is 7. The lowest BCUT2D eigenvalue weighted by Crippen LogP contribution is -2.71. The van der Waals surface area contributed by atoms with E-state index in [1.165, 1.54) is 19.1 Å².